The number of halogens is 1. The van der Waals surface area contributed by atoms with Gasteiger partial charge in [0, 0.05) is 49.8 Å². The first kappa shape index (κ1) is 77.2. The molecular formula is C75H88ClN5O20. The quantitative estimate of drug-likeness (QED) is 0.0132. The number of hydrogen-bond donors (Lipinski definition) is 7. The van der Waals surface area contributed by atoms with Crippen LogP contribution in [-0.2, 0) is 79.7 Å². The van der Waals surface area contributed by atoms with Crippen molar-refractivity contribution >= 4 is 77.7 Å². The first-order valence-corrected chi connectivity index (χ1v) is 33.2. The maximum Gasteiger partial charge on any atom is 0.508 e. The first-order valence-electron chi connectivity index (χ1n) is 33.2. The van der Waals surface area contributed by atoms with E-state index in [0.717, 1.165) is 19.4 Å². The second-order valence-corrected chi connectivity index (χ2v) is 27.4. The van der Waals surface area contributed by atoms with Gasteiger partial charge in [0.1, 0.15) is 54.3 Å². The van der Waals surface area contributed by atoms with Crippen molar-refractivity contribution in [2.24, 2.45) is 22.5 Å². The summed E-state index contributed by atoms with van der Waals surface area (Å²) in [4.78, 5) is 143. The molecule has 1 aliphatic heterocycles. The summed E-state index contributed by atoms with van der Waals surface area (Å²) in [6.45, 7) is 12.5. The van der Waals surface area contributed by atoms with E-state index in [1.165, 1.54) is 52.0 Å². The Morgan fingerprint density at radius 1 is 0.703 bits per heavy atom. The minimum absolute atomic E-state index is 0. The van der Waals surface area contributed by atoms with Crippen molar-refractivity contribution < 1.29 is 96.1 Å². The van der Waals surface area contributed by atoms with E-state index in [1.54, 1.807) is 136 Å². The van der Waals surface area contributed by atoms with Gasteiger partial charge in [-0.25, -0.2) is 19.2 Å². The maximum absolute atomic E-state index is 16.5. The Bertz CT molecular complexity index is 3860. The Hall–Kier alpha value is -9.53. The van der Waals surface area contributed by atoms with Crippen LogP contribution in [0.15, 0.2) is 157 Å². The molecule has 1 heterocycles. The fraction of sp³-hybridized carbons (Fsp3) is 0.440. The third-order valence-corrected chi connectivity index (χ3v) is 19.1. The van der Waals surface area contributed by atoms with Gasteiger partial charge in [0.2, 0.25) is 11.8 Å². The predicted molar refractivity (Wildman–Crippen MR) is 367 cm³/mol. The van der Waals surface area contributed by atoms with E-state index < -0.39 is 168 Å². The molecule has 4 aliphatic rings. The van der Waals surface area contributed by atoms with Crippen LogP contribution in [0.2, 0.25) is 0 Å². The van der Waals surface area contributed by atoms with Crippen LogP contribution in [0.25, 0.3) is 0 Å². The molecule has 25 nitrogen and oxygen atoms in total. The summed E-state index contributed by atoms with van der Waals surface area (Å²) in [5.74, 6) is -8.85. The highest BCUT2D eigenvalue weighted by atomic mass is 35.5. The fourth-order valence-corrected chi connectivity index (χ4v) is 14.1. The number of hydrogen-bond acceptors (Lipinski definition) is 21. The number of nitrogens with two attached hydrogens (primary N) is 1. The largest absolute Gasteiger partial charge is 0.508 e. The Morgan fingerprint density at radius 2 is 1.31 bits per heavy atom. The highest BCUT2D eigenvalue weighted by Gasteiger charge is 2.79. The van der Waals surface area contributed by atoms with Crippen LogP contribution in [0, 0.1) is 16.7 Å². The number of rotatable bonds is 24. The van der Waals surface area contributed by atoms with Gasteiger partial charge in [0.25, 0.3) is 5.91 Å². The standard InChI is InChI=1S/C75H87N5O20.ClH/c1-43-54(96-68(89)59(83)58(48-26-16-11-17-27-48)80-64(85)49-28-18-12-19-29-49)40-75(92)63(98-67(88)50-30-20-13-21-31-50)61-73(9,62(84)60(95-44(2)81)57(43)72(75,7)8)55(39-56-74(61,42-94-56)99-45(3)82)97-70(91)93-41-47-33-35-51(36-34-47)77-65(86)52(32-22-23-37-76)78-66(87)53(38-46-24-14-10-15-25-46)79-69(90)100-71(4,5)6;/h10-21,24-31,33-36,52-56,58-61,63,83,92H,22-23,32,37-42,76H2,1-9H3,(H,77,86)(H,78,87)(H,79,90)(H,80,85);1H/t52-,53?,54?,55?,56?,58?,59?,60?,61?,63?,73+,74?,75?;/m0./s1. The number of aliphatic hydroxyl groups is 2. The summed E-state index contributed by atoms with van der Waals surface area (Å²) in [7, 11) is 0. The summed E-state index contributed by atoms with van der Waals surface area (Å²) in [6, 6.07) is 35.3. The molecule has 4 amide bonds. The van der Waals surface area contributed by atoms with E-state index >= 15 is 4.79 Å². The van der Waals surface area contributed by atoms with Gasteiger partial charge in [-0.15, -0.1) is 12.4 Å². The molecule has 3 fully saturated rings. The van der Waals surface area contributed by atoms with Crippen LogP contribution in [0.5, 0.6) is 0 Å². The third-order valence-electron chi connectivity index (χ3n) is 19.1. The number of ketones is 1. The average Bonchev–Trinajstić information content (AvgIpc) is 0.668. The number of esters is 4. The summed E-state index contributed by atoms with van der Waals surface area (Å²) in [6.07, 6.45) is -12.7. The van der Waals surface area contributed by atoms with Gasteiger partial charge in [-0.05, 0) is 125 Å². The van der Waals surface area contributed by atoms with E-state index in [9.17, 15) is 53.4 Å². The van der Waals surface area contributed by atoms with Crippen LogP contribution < -0.4 is 27.0 Å². The van der Waals surface area contributed by atoms with Gasteiger partial charge in [0.15, 0.2) is 23.6 Å². The number of carbonyl (C=O) groups excluding carboxylic acids is 10. The molecule has 1 saturated heterocycles. The lowest BCUT2D eigenvalue weighted by atomic mass is 9.44. The predicted octanol–water partition coefficient (Wildman–Crippen LogP) is 8.21. The number of aliphatic hydroxyl groups excluding tert-OH is 1. The number of ether oxygens (including phenoxy) is 8. The van der Waals surface area contributed by atoms with E-state index in [-0.39, 0.29) is 59.6 Å². The lowest BCUT2D eigenvalue weighted by Crippen LogP contribution is -2.82. The number of carbonyl (C=O) groups is 10. The van der Waals surface area contributed by atoms with Crippen molar-refractivity contribution in [3.05, 3.63) is 185 Å². The van der Waals surface area contributed by atoms with Crippen LogP contribution in [0.1, 0.15) is 138 Å². The second-order valence-electron chi connectivity index (χ2n) is 27.4. The van der Waals surface area contributed by atoms with Crippen molar-refractivity contribution in [1.29, 1.82) is 0 Å². The second kappa shape index (κ2) is 32.4. The fourth-order valence-electron chi connectivity index (χ4n) is 14.1. The molecule has 5 aromatic carbocycles. The van der Waals surface area contributed by atoms with Gasteiger partial charge >= 0.3 is 36.1 Å². The third kappa shape index (κ3) is 17.3. The van der Waals surface area contributed by atoms with E-state index in [1.807, 2.05) is 6.07 Å². The molecule has 2 bridgehead atoms. The molecule has 540 valence electrons. The molecule has 8 N–H and O–H groups in total. The lowest BCUT2D eigenvalue weighted by molar-refractivity contribution is -0.346. The van der Waals surface area contributed by atoms with Gasteiger partial charge in [-0.1, -0.05) is 123 Å². The summed E-state index contributed by atoms with van der Waals surface area (Å²) in [5.41, 5.74) is -1.93. The zero-order valence-corrected chi connectivity index (χ0v) is 58.5. The SMILES string of the molecule is CC(=O)OC1C(=O)[C@]2(C)C(OC(=O)OCc3ccc(NC(=O)[C@H](CCCCN)NC(=O)C(Cc4ccccc4)NC(=O)OC(C)(C)C)cc3)CC3OCC3(OC(C)=O)C2C(OC(=O)c2ccccc2)C2(O)CC(OC(=O)C(O)C(NC(=O)c3ccccc3)c3ccccc3)C(C)=C1C2(C)C.Cl. The molecule has 11 unspecified atom stereocenters. The minimum atomic E-state index is -2.58. The van der Waals surface area contributed by atoms with Crippen molar-refractivity contribution in [3.8, 4) is 0 Å². The molecule has 26 heteroatoms. The number of anilines is 1. The number of amides is 4. The molecule has 2 saturated carbocycles. The number of benzene rings is 5. The lowest BCUT2D eigenvalue weighted by Gasteiger charge is -2.67. The Morgan fingerprint density at radius 3 is 1.88 bits per heavy atom. The molecule has 3 aliphatic carbocycles. The first-order chi connectivity index (χ1) is 47.4. The minimum Gasteiger partial charge on any atom is -0.456 e. The smallest absolute Gasteiger partial charge is 0.456 e. The van der Waals surface area contributed by atoms with E-state index in [2.05, 4.69) is 21.3 Å². The number of Topliss-reactive ketones (excluding diaryl/α,β-unsaturated/α-hetero) is 1. The highest BCUT2D eigenvalue weighted by Crippen LogP contribution is 2.65. The number of nitrogens with one attached hydrogen (secondary N) is 4. The Kier molecular flexibility index (Phi) is 24.8. The maximum atomic E-state index is 16.5. The molecule has 0 aromatic heterocycles. The van der Waals surface area contributed by atoms with Crippen molar-refractivity contribution in [2.75, 3.05) is 18.5 Å². The number of unbranched alkanes of at least 4 members (excludes halogenated alkanes) is 1. The van der Waals surface area contributed by atoms with Crippen molar-refractivity contribution in [1.82, 2.24) is 16.0 Å². The van der Waals surface area contributed by atoms with Crippen molar-refractivity contribution in [2.45, 2.75) is 179 Å². The summed E-state index contributed by atoms with van der Waals surface area (Å²) < 4.78 is 48.8. The summed E-state index contributed by atoms with van der Waals surface area (Å²) in [5, 5.41) is 37.3. The van der Waals surface area contributed by atoms with Crippen LogP contribution >= 0.6 is 12.4 Å². The number of alkyl carbamates (subject to hydrolysis) is 1. The summed E-state index contributed by atoms with van der Waals surface area (Å²) >= 11 is 0. The van der Waals surface area contributed by atoms with E-state index in [4.69, 9.17) is 43.6 Å². The average molecular weight is 1410 g/mol. The van der Waals surface area contributed by atoms with Crippen LogP contribution in [-0.4, -0.2) is 149 Å². The molecule has 0 spiro atoms. The molecule has 5 aromatic rings. The van der Waals surface area contributed by atoms with Crippen LogP contribution in [0.4, 0.5) is 15.3 Å². The normalized spacial score (nSPS) is 24.4. The Balaban J connectivity index is 0.0000130. The number of fused-ring (bicyclic) bond motifs is 5. The van der Waals surface area contributed by atoms with Crippen LogP contribution in [0.3, 0.4) is 0 Å². The molecule has 0 radical (unpaired) electrons. The Labute approximate surface area is 591 Å². The zero-order valence-electron chi connectivity index (χ0n) is 57.7. The molecule has 101 heavy (non-hydrogen) atoms. The highest BCUT2D eigenvalue weighted by molar-refractivity contribution is 5.99. The van der Waals surface area contributed by atoms with Gasteiger partial charge < -0.3 is 75.1 Å². The van der Waals surface area contributed by atoms with Gasteiger partial charge in [0.05, 0.1) is 29.5 Å². The molecular weight excluding hydrogens is 1330 g/mol. The molecule has 13 atom stereocenters. The monoisotopic (exact) mass is 1410 g/mol. The van der Waals surface area contributed by atoms with E-state index in [0.29, 0.717) is 30.5 Å². The van der Waals surface area contributed by atoms with Crippen molar-refractivity contribution in [3.63, 3.8) is 0 Å². The zero-order chi connectivity index (χ0) is 72.5. The molecule has 9 rings (SSSR count). The van der Waals surface area contributed by atoms with Gasteiger partial charge in [-0.2, -0.15) is 0 Å². The topological polar surface area (TPSA) is 359 Å². The van der Waals surface area contributed by atoms with Gasteiger partial charge in [-0.3, -0.25) is 28.8 Å².